The van der Waals surface area contributed by atoms with Crippen molar-refractivity contribution in [3.8, 4) is 0 Å². The molecule has 7 heteroatoms. The van der Waals surface area contributed by atoms with Gasteiger partial charge in [-0.25, -0.2) is 4.79 Å². The van der Waals surface area contributed by atoms with Crippen LogP contribution in [-0.4, -0.2) is 27.5 Å². The molecule has 0 fully saturated rings. The number of aliphatic hydroxyl groups is 1. The van der Waals surface area contributed by atoms with Crippen LogP contribution < -0.4 is 10.6 Å². The topological polar surface area (TPSA) is 79.2 Å². The summed E-state index contributed by atoms with van der Waals surface area (Å²) in [6.45, 7) is 7.82. The van der Waals surface area contributed by atoms with Crippen LogP contribution in [0.5, 0.6) is 0 Å². The van der Waals surface area contributed by atoms with Gasteiger partial charge < -0.3 is 15.7 Å². The number of aromatic nitrogens is 2. The van der Waals surface area contributed by atoms with Crippen molar-refractivity contribution < 1.29 is 9.90 Å². The quantitative estimate of drug-likeness (QED) is 0.784. The molecule has 126 valence electrons. The normalized spacial score (nSPS) is 15.0. The van der Waals surface area contributed by atoms with E-state index in [2.05, 4.69) is 35.6 Å². The molecule has 0 saturated carbocycles. The van der Waals surface area contributed by atoms with Gasteiger partial charge in [0, 0.05) is 28.6 Å². The first-order chi connectivity index (χ1) is 10.7. The monoisotopic (exact) mass is 336 g/mol. The first-order valence-corrected chi connectivity index (χ1v) is 8.33. The Kier molecular flexibility index (Phi) is 5.11. The molecule has 0 saturated heterocycles. The molecule has 0 aromatic carbocycles. The second-order valence-electron chi connectivity index (χ2n) is 6.09. The van der Waals surface area contributed by atoms with E-state index >= 15 is 0 Å². The molecule has 0 radical (unpaired) electrons. The molecule has 0 aliphatic heterocycles. The van der Waals surface area contributed by atoms with E-state index in [4.69, 9.17) is 0 Å². The van der Waals surface area contributed by atoms with E-state index in [1.165, 1.54) is 9.75 Å². The minimum Gasteiger partial charge on any atom is -0.383 e. The van der Waals surface area contributed by atoms with Crippen LogP contribution in [0.3, 0.4) is 0 Å². The van der Waals surface area contributed by atoms with Gasteiger partial charge in [0.15, 0.2) is 0 Å². The second kappa shape index (κ2) is 6.72. The maximum Gasteiger partial charge on any atom is 0.315 e. The van der Waals surface area contributed by atoms with Crippen molar-refractivity contribution in [2.45, 2.75) is 39.3 Å². The molecule has 2 aromatic rings. The number of amides is 2. The van der Waals surface area contributed by atoms with Gasteiger partial charge in [-0.15, -0.1) is 11.3 Å². The molecule has 0 bridgehead atoms. The van der Waals surface area contributed by atoms with Gasteiger partial charge >= 0.3 is 6.03 Å². The van der Waals surface area contributed by atoms with Crippen molar-refractivity contribution >= 4 is 17.4 Å². The maximum atomic E-state index is 12.1. The fourth-order valence-electron chi connectivity index (χ4n) is 2.46. The molecule has 0 unspecified atom stereocenters. The molecule has 2 aromatic heterocycles. The molecule has 0 aliphatic rings. The van der Waals surface area contributed by atoms with Crippen LogP contribution in [0.2, 0.25) is 0 Å². The number of hydrogen-bond donors (Lipinski definition) is 3. The van der Waals surface area contributed by atoms with E-state index in [0.717, 1.165) is 5.56 Å². The molecule has 0 spiro atoms. The van der Waals surface area contributed by atoms with Crippen molar-refractivity contribution in [2.75, 3.05) is 6.54 Å². The number of thiophene rings is 1. The molecule has 6 nitrogen and oxygen atoms in total. The molecular formula is C16H24N4O2S. The molecule has 2 atom stereocenters. The van der Waals surface area contributed by atoms with E-state index in [-0.39, 0.29) is 18.6 Å². The SMILES string of the molecule is Cc1cc([C@H](C)NC(=O)NC[C@](C)(O)c2cnn(C)c2)c(C)s1. The average molecular weight is 336 g/mol. The summed E-state index contributed by atoms with van der Waals surface area (Å²) in [5, 5.41) is 20.1. The Balaban J connectivity index is 1.91. The molecule has 2 amide bonds. The van der Waals surface area contributed by atoms with Crippen LogP contribution in [0.1, 0.15) is 40.8 Å². The number of urea groups is 1. The zero-order valence-electron chi connectivity index (χ0n) is 14.2. The fourth-order valence-corrected chi connectivity index (χ4v) is 3.48. The molecule has 2 heterocycles. The minimum absolute atomic E-state index is 0.0803. The van der Waals surface area contributed by atoms with Gasteiger partial charge in [0.2, 0.25) is 0 Å². The molecule has 3 N–H and O–H groups in total. The van der Waals surface area contributed by atoms with E-state index < -0.39 is 5.60 Å². The van der Waals surface area contributed by atoms with Crippen LogP contribution in [0, 0.1) is 13.8 Å². The van der Waals surface area contributed by atoms with Crippen molar-refractivity contribution in [1.29, 1.82) is 0 Å². The van der Waals surface area contributed by atoms with Crippen molar-refractivity contribution in [1.82, 2.24) is 20.4 Å². The lowest BCUT2D eigenvalue weighted by Crippen LogP contribution is -2.44. The van der Waals surface area contributed by atoms with Gasteiger partial charge in [0.25, 0.3) is 0 Å². The first-order valence-electron chi connectivity index (χ1n) is 7.52. The number of hydrogen-bond acceptors (Lipinski definition) is 4. The highest BCUT2D eigenvalue weighted by molar-refractivity contribution is 7.12. The highest BCUT2D eigenvalue weighted by atomic mass is 32.1. The minimum atomic E-state index is -1.16. The summed E-state index contributed by atoms with van der Waals surface area (Å²) in [5.74, 6) is 0. The molecular weight excluding hydrogens is 312 g/mol. The molecule has 2 rings (SSSR count). The largest absolute Gasteiger partial charge is 0.383 e. The summed E-state index contributed by atoms with van der Waals surface area (Å²) < 4.78 is 1.62. The van der Waals surface area contributed by atoms with Gasteiger partial charge in [-0.05, 0) is 39.3 Å². The predicted molar refractivity (Wildman–Crippen MR) is 91.5 cm³/mol. The summed E-state index contributed by atoms with van der Waals surface area (Å²) >= 11 is 1.72. The summed E-state index contributed by atoms with van der Waals surface area (Å²) in [6.07, 6.45) is 3.33. The molecule has 0 aliphatic carbocycles. The smallest absolute Gasteiger partial charge is 0.315 e. The van der Waals surface area contributed by atoms with E-state index in [1.54, 1.807) is 42.4 Å². The lowest BCUT2D eigenvalue weighted by atomic mass is 10.00. The van der Waals surface area contributed by atoms with Gasteiger partial charge in [-0.3, -0.25) is 4.68 Å². The second-order valence-corrected chi connectivity index (χ2v) is 7.55. The number of rotatable bonds is 5. The number of nitrogens with zero attached hydrogens (tertiary/aromatic N) is 2. The van der Waals surface area contributed by atoms with Crippen LogP contribution in [0.4, 0.5) is 4.79 Å². The number of carbonyl (C=O) groups excluding carboxylic acids is 1. The third kappa shape index (κ3) is 4.33. The van der Waals surface area contributed by atoms with Crippen molar-refractivity contribution in [2.24, 2.45) is 7.05 Å². The lowest BCUT2D eigenvalue weighted by molar-refractivity contribution is 0.0592. The van der Waals surface area contributed by atoms with Gasteiger partial charge in [0.05, 0.1) is 18.8 Å². The van der Waals surface area contributed by atoms with Gasteiger partial charge in [-0.1, -0.05) is 0 Å². The first kappa shape index (κ1) is 17.5. The Morgan fingerprint density at radius 2 is 2.22 bits per heavy atom. The third-order valence-corrected chi connectivity index (χ3v) is 4.80. The number of aryl methyl sites for hydroxylation is 3. The lowest BCUT2D eigenvalue weighted by Gasteiger charge is -2.23. The standard InChI is InChI=1S/C16H24N4O2S/c1-10-6-14(12(3)23-10)11(2)19-15(21)17-9-16(4,22)13-7-18-20(5)8-13/h6-8,11,22H,9H2,1-5H3,(H2,17,19,21)/t11-,16-/m0/s1. The average Bonchev–Trinajstić information content (AvgIpc) is 3.03. The Hall–Kier alpha value is -1.86. The van der Waals surface area contributed by atoms with Crippen molar-refractivity contribution in [3.05, 3.63) is 39.3 Å². The van der Waals surface area contributed by atoms with E-state index in [9.17, 15) is 9.90 Å². The fraction of sp³-hybridized carbons (Fsp3) is 0.500. The predicted octanol–water partition coefficient (Wildman–Crippen LogP) is 2.37. The summed E-state index contributed by atoms with van der Waals surface area (Å²) in [6, 6.07) is 1.71. The number of carbonyl (C=O) groups is 1. The van der Waals surface area contributed by atoms with Gasteiger partial charge in [-0.2, -0.15) is 5.10 Å². The van der Waals surface area contributed by atoms with Crippen LogP contribution in [-0.2, 0) is 12.6 Å². The zero-order chi connectivity index (χ0) is 17.2. The Morgan fingerprint density at radius 3 is 2.74 bits per heavy atom. The molecule has 23 heavy (non-hydrogen) atoms. The van der Waals surface area contributed by atoms with Crippen LogP contribution in [0.25, 0.3) is 0 Å². The maximum absolute atomic E-state index is 12.1. The van der Waals surface area contributed by atoms with E-state index in [0.29, 0.717) is 5.56 Å². The van der Waals surface area contributed by atoms with Gasteiger partial charge in [0.1, 0.15) is 5.60 Å². The summed E-state index contributed by atoms with van der Waals surface area (Å²) in [4.78, 5) is 14.5. The van der Waals surface area contributed by atoms with Crippen molar-refractivity contribution in [3.63, 3.8) is 0 Å². The van der Waals surface area contributed by atoms with Crippen LogP contribution in [0.15, 0.2) is 18.5 Å². The summed E-state index contributed by atoms with van der Waals surface area (Å²) in [5.41, 5.74) is 0.628. The summed E-state index contributed by atoms with van der Waals surface area (Å²) in [7, 11) is 1.78. The van der Waals surface area contributed by atoms with E-state index in [1.807, 2.05) is 6.92 Å². The highest BCUT2D eigenvalue weighted by Crippen LogP contribution is 2.26. The Bertz CT molecular complexity index is 690. The number of nitrogens with one attached hydrogen (secondary N) is 2. The zero-order valence-corrected chi connectivity index (χ0v) is 15.0. The Morgan fingerprint density at radius 1 is 1.52 bits per heavy atom. The van der Waals surface area contributed by atoms with Crippen LogP contribution >= 0.6 is 11.3 Å². The Labute approximate surface area is 140 Å². The highest BCUT2D eigenvalue weighted by Gasteiger charge is 2.25. The third-order valence-electron chi connectivity index (χ3n) is 3.81.